The zero-order chi connectivity index (χ0) is 24.6. The smallest absolute Gasteiger partial charge is 0.304 e. The molecular formula is C28H29N3O4. The first kappa shape index (κ1) is 24.1. The van der Waals surface area contributed by atoms with Crippen LogP contribution in [0.15, 0.2) is 73.1 Å². The van der Waals surface area contributed by atoms with Gasteiger partial charge in [0.1, 0.15) is 0 Å². The molecule has 2 amide bonds. The molecule has 1 aromatic heterocycles. The zero-order valence-electron chi connectivity index (χ0n) is 19.5. The van der Waals surface area contributed by atoms with Crippen molar-refractivity contribution in [1.82, 2.24) is 9.88 Å². The molecule has 0 fully saturated rings. The molecule has 3 aromatic rings. The lowest BCUT2D eigenvalue weighted by Gasteiger charge is -2.24. The van der Waals surface area contributed by atoms with E-state index in [0.29, 0.717) is 44.5 Å². The van der Waals surface area contributed by atoms with E-state index in [9.17, 15) is 19.5 Å². The number of carboxylic acids is 1. The van der Waals surface area contributed by atoms with Crippen molar-refractivity contribution < 1.29 is 19.5 Å². The third-order valence-corrected chi connectivity index (χ3v) is 6.30. The minimum Gasteiger partial charge on any atom is -0.481 e. The van der Waals surface area contributed by atoms with Gasteiger partial charge in [-0.05, 0) is 65.8 Å². The van der Waals surface area contributed by atoms with E-state index in [1.54, 1.807) is 17.3 Å². The Morgan fingerprint density at radius 1 is 0.971 bits per heavy atom. The number of aromatic nitrogens is 1. The van der Waals surface area contributed by atoms with Crippen molar-refractivity contribution in [2.24, 2.45) is 5.92 Å². The number of aryl methyl sites for hydroxylation is 1. The molecule has 1 atom stereocenters. The number of hydrogen-bond donors (Lipinski definition) is 2. The molecule has 2 heterocycles. The van der Waals surface area contributed by atoms with E-state index in [1.165, 1.54) is 0 Å². The molecule has 35 heavy (non-hydrogen) atoms. The Balaban J connectivity index is 1.47. The van der Waals surface area contributed by atoms with Crippen molar-refractivity contribution >= 4 is 23.5 Å². The van der Waals surface area contributed by atoms with Crippen LogP contribution in [0.25, 0.3) is 0 Å². The molecule has 0 saturated heterocycles. The molecule has 0 unspecified atom stereocenters. The molecule has 2 aromatic carbocycles. The molecule has 0 bridgehead atoms. The SMILES string of the molecule is O=C(O)C[C@H]1Cc2cc(NC(=O)CCc3ccncc3)ccc2CN(CCc2ccccc2)C1=O. The van der Waals surface area contributed by atoms with Crippen LogP contribution in [0.1, 0.15) is 35.1 Å². The molecular weight excluding hydrogens is 442 g/mol. The van der Waals surface area contributed by atoms with Crippen molar-refractivity contribution in [2.75, 3.05) is 11.9 Å². The molecule has 0 spiro atoms. The number of nitrogens with one attached hydrogen (secondary N) is 1. The Hall–Kier alpha value is -4.00. The zero-order valence-corrected chi connectivity index (χ0v) is 19.5. The molecule has 7 nitrogen and oxygen atoms in total. The number of carbonyl (C=O) groups is 3. The van der Waals surface area contributed by atoms with Gasteiger partial charge in [0.05, 0.1) is 12.3 Å². The van der Waals surface area contributed by atoms with Gasteiger partial charge >= 0.3 is 5.97 Å². The van der Waals surface area contributed by atoms with Gasteiger partial charge < -0.3 is 15.3 Å². The number of pyridine rings is 1. The summed E-state index contributed by atoms with van der Waals surface area (Å²) in [6, 6.07) is 19.4. The molecule has 4 rings (SSSR count). The third-order valence-electron chi connectivity index (χ3n) is 6.30. The largest absolute Gasteiger partial charge is 0.481 e. The van der Waals surface area contributed by atoms with Crippen LogP contribution in [0.4, 0.5) is 5.69 Å². The highest BCUT2D eigenvalue weighted by atomic mass is 16.4. The molecule has 0 radical (unpaired) electrons. The number of amides is 2. The van der Waals surface area contributed by atoms with Crippen LogP contribution >= 0.6 is 0 Å². The second-order valence-electron chi connectivity index (χ2n) is 8.88. The Morgan fingerprint density at radius 3 is 2.46 bits per heavy atom. The predicted octanol–water partition coefficient (Wildman–Crippen LogP) is 3.87. The predicted molar refractivity (Wildman–Crippen MR) is 133 cm³/mol. The normalized spacial score (nSPS) is 15.3. The first-order valence-electron chi connectivity index (χ1n) is 11.8. The minimum atomic E-state index is -0.990. The van der Waals surface area contributed by atoms with Gasteiger partial charge in [-0.15, -0.1) is 0 Å². The second kappa shape index (κ2) is 11.4. The van der Waals surface area contributed by atoms with Crippen LogP contribution in [-0.4, -0.2) is 39.3 Å². The third kappa shape index (κ3) is 6.76. The maximum absolute atomic E-state index is 13.2. The summed E-state index contributed by atoms with van der Waals surface area (Å²) in [5.41, 5.74) is 4.71. The highest BCUT2D eigenvalue weighted by Crippen LogP contribution is 2.28. The van der Waals surface area contributed by atoms with Gasteiger partial charge in [0.2, 0.25) is 11.8 Å². The summed E-state index contributed by atoms with van der Waals surface area (Å²) < 4.78 is 0. The van der Waals surface area contributed by atoms with Crippen LogP contribution in [0.5, 0.6) is 0 Å². The Kier molecular flexibility index (Phi) is 7.88. The van der Waals surface area contributed by atoms with Gasteiger partial charge in [-0.3, -0.25) is 19.4 Å². The van der Waals surface area contributed by atoms with Gasteiger partial charge in [0.25, 0.3) is 0 Å². The van der Waals surface area contributed by atoms with Gasteiger partial charge in [0.15, 0.2) is 0 Å². The summed E-state index contributed by atoms with van der Waals surface area (Å²) in [4.78, 5) is 43.0. The lowest BCUT2D eigenvalue weighted by Crippen LogP contribution is -2.37. The van der Waals surface area contributed by atoms with Crippen molar-refractivity contribution in [3.8, 4) is 0 Å². The molecule has 1 aliphatic rings. The van der Waals surface area contributed by atoms with Crippen molar-refractivity contribution in [2.45, 2.75) is 38.6 Å². The van der Waals surface area contributed by atoms with Crippen LogP contribution < -0.4 is 5.32 Å². The number of rotatable bonds is 9. The number of carbonyl (C=O) groups excluding carboxylic acids is 2. The average Bonchev–Trinajstić information content (AvgIpc) is 2.98. The average molecular weight is 472 g/mol. The monoisotopic (exact) mass is 471 g/mol. The lowest BCUT2D eigenvalue weighted by atomic mass is 9.94. The fourth-order valence-corrected chi connectivity index (χ4v) is 4.44. The number of hydrogen-bond acceptors (Lipinski definition) is 4. The summed E-state index contributed by atoms with van der Waals surface area (Å²) >= 11 is 0. The summed E-state index contributed by atoms with van der Waals surface area (Å²) in [6.45, 7) is 0.944. The highest BCUT2D eigenvalue weighted by molar-refractivity contribution is 5.91. The second-order valence-corrected chi connectivity index (χ2v) is 8.88. The molecule has 2 N–H and O–H groups in total. The van der Waals surface area contributed by atoms with E-state index in [2.05, 4.69) is 10.3 Å². The number of carboxylic acid groups (broad SMARTS) is 1. The minimum absolute atomic E-state index is 0.0990. The maximum Gasteiger partial charge on any atom is 0.304 e. The van der Waals surface area contributed by atoms with Gasteiger partial charge in [-0.1, -0.05) is 36.4 Å². The Labute approximate surface area is 204 Å². The number of aliphatic carboxylic acids is 1. The van der Waals surface area contributed by atoms with Gasteiger partial charge in [-0.2, -0.15) is 0 Å². The van der Waals surface area contributed by atoms with Crippen LogP contribution in [0, 0.1) is 5.92 Å². The van der Waals surface area contributed by atoms with Crippen LogP contribution in [0.2, 0.25) is 0 Å². The molecule has 180 valence electrons. The Morgan fingerprint density at radius 2 is 1.71 bits per heavy atom. The van der Waals surface area contributed by atoms with Crippen LogP contribution in [0.3, 0.4) is 0 Å². The quantitative estimate of drug-likeness (QED) is 0.494. The fourth-order valence-electron chi connectivity index (χ4n) is 4.44. The molecule has 0 saturated carbocycles. The van der Waals surface area contributed by atoms with E-state index in [1.807, 2.05) is 60.7 Å². The van der Waals surface area contributed by atoms with E-state index >= 15 is 0 Å². The van der Waals surface area contributed by atoms with Gasteiger partial charge in [0, 0.05) is 37.6 Å². The van der Waals surface area contributed by atoms with Gasteiger partial charge in [-0.25, -0.2) is 0 Å². The standard InChI is InChI=1S/C28H29N3O4/c32-26(9-6-21-10-13-29-14-11-21)30-25-8-7-22-19-31(15-12-20-4-2-1-3-5-20)28(35)24(18-27(33)34)16-23(22)17-25/h1-5,7-8,10-11,13-14,17,24H,6,9,12,15-16,18-19H2,(H,30,32)(H,33,34)/t24-/m1/s1. The fraction of sp³-hybridized carbons (Fsp3) is 0.286. The van der Waals surface area contributed by atoms with Crippen molar-refractivity contribution in [1.29, 1.82) is 0 Å². The lowest BCUT2D eigenvalue weighted by molar-refractivity contribution is -0.144. The van der Waals surface area contributed by atoms with Crippen molar-refractivity contribution in [3.63, 3.8) is 0 Å². The first-order valence-corrected chi connectivity index (χ1v) is 11.8. The van der Waals surface area contributed by atoms with Crippen molar-refractivity contribution in [3.05, 3.63) is 95.3 Å². The molecule has 1 aliphatic heterocycles. The maximum atomic E-state index is 13.2. The summed E-state index contributed by atoms with van der Waals surface area (Å²) in [6.07, 6.45) is 5.19. The number of anilines is 1. The topological polar surface area (TPSA) is 99.6 Å². The summed E-state index contributed by atoms with van der Waals surface area (Å²) in [7, 11) is 0. The highest BCUT2D eigenvalue weighted by Gasteiger charge is 2.31. The summed E-state index contributed by atoms with van der Waals surface area (Å²) in [5.74, 6) is -1.86. The number of fused-ring (bicyclic) bond motifs is 1. The van der Waals surface area contributed by atoms with E-state index in [4.69, 9.17) is 0 Å². The van der Waals surface area contributed by atoms with Crippen LogP contribution in [-0.2, 0) is 40.2 Å². The van der Waals surface area contributed by atoms with E-state index in [-0.39, 0.29) is 18.2 Å². The number of nitrogens with zero attached hydrogens (tertiary/aromatic N) is 2. The van der Waals surface area contributed by atoms with E-state index in [0.717, 1.165) is 22.3 Å². The summed E-state index contributed by atoms with van der Waals surface area (Å²) in [5, 5.41) is 12.4. The van der Waals surface area contributed by atoms with E-state index < -0.39 is 11.9 Å². The first-order chi connectivity index (χ1) is 17.0. The number of benzene rings is 2. The Bertz CT molecular complexity index is 1180. The molecule has 7 heteroatoms. The molecule has 0 aliphatic carbocycles.